The minimum absolute atomic E-state index is 0.143. The molecule has 0 fully saturated rings. The van der Waals surface area contributed by atoms with E-state index in [1.807, 2.05) is 0 Å². The fourth-order valence-electron chi connectivity index (χ4n) is 2.67. The standard InChI is InChI=1S/C19H21NO6/c1-4-26-19(24)16-12(2)20(9-10-25-3)17(21)15(16)11-13-5-7-14(8-6-13)18(22)23/h5-8,11H,4,9-10H2,1-3H3,(H,22,23)/b15-11-. The fraction of sp³-hybridized carbons (Fsp3) is 0.316. The zero-order valence-corrected chi connectivity index (χ0v) is 14.9. The number of allylic oxidation sites excluding steroid dienone is 1. The number of hydrogen-bond donors (Lipinski definition) is 1. The lowest BCUT2D eigenvalue weighted by molar-refractivity contribution is -0.138. The van der Waals surface area contributed by atoms with Gasteiger partial charge in [-0.15, -0.1) is 0 Å². The highest BCUT2D eigenvalue weighted by molar-refractivity contribution is 6.16. The van der Waals surface area contributed by atoms with E-state index in [-0.39, 0.29) is 29.2 Å². The van der Waals surface area contributed by atoms with Crippen molar-refractivity contribution in [3.8, 4) is 0 Å². The van der Waals surface area contributed by atoms with Crippen LogP contribution >= 0.6 is 0 Å². The van der Waals surface area contributed by atoms with Crippen LogP contribution in [0.5, 0.6) is 0 Å². The maximum Gasteiger partial charge on any atom is 0.340 e. The molecule has 1 heterocycles. The molecule has 1 aromatic rings. The number of esters is 1. The van der Waals surface area contributed by atoms with Gasteiger partial charge in [0.05, 0.1) is 29.9 Å². The first-order valence-electron chi connectivity index (χ1n) is 8.14. The first-order chi connectivity index (χ1) is 12.4. The summed E-state index contributed by atoms with van der Waals surface area (Å²) in [6, 6.07) is 6.05. The van der Waals surface area contributed by atoms with Gasteiger partial charge < -0.3 is 19.5 Å². The largest absolute Gasteiger partial charge is 0.478 e. The number of methoxy groups -OCH3 is 1. The van der Waals surface area contributed by atoms with Crippen molar-refractivity contribution in [1.29, 1.82) is 0 Å². The first-order valence-corrected chi connectivity index (χ1v) is 8.14. The van der Waals surface area contributed by atoms with Crippen molar-refractivity contribution < 1.29 is 29.0 Å². The van der Waals surface area contributed by atoms with E-state index in [2.05, 4.69) is 0 Å². The summed E-state index contributed by atoms with van der Waals surface area (Å²) in [4.78, 5) is 37.6. The third-order valence-corrected chi connectivity index (χ3v) is 3.98. The number of benzene rings is 1. The number of carboxylic acids is 1. The molecule has 7 heteroatoms. The van der Waals surface area contributed by atoms with Crippen molar-refractivity contribution in [3.05, 3.63) is 52.2 Å². The molecule has 0 atom stereocenters. The van der Waals surface area contributed by atoms with Crippen LogP contribution in [-0.4, -0.2) is 54.7 Å². The van der Waals surface area contributed by atoms with Gasteiger partial charge in [-0.1, -0.05) is 12.1 Å². The quantitative estimate of drug-likeness (QED) is 0.592. The highest BCUT2D eigenvalue weighted by Gasteiger charge is 2.36. The first kappa shape index (κ1) is 19.4. The van der Waals surface area contributed by atoms with E-state index < -0.39 is 11.9 Å². The van der Waals surface area contributed by atoms with Gasteiger partial charge in [-0.05, 0) is 37.6 Å². The third kappa shape index (κ3) is 4.00. The molecule has 7 nitrogen and oxygen atoms in total. The van der Waals surface area contributed by atoms with E-state index in [1.165, 1.54) is 24.1 Å². The van der Waals surface area contributed by atoms with Gasteiger partial charge in [0, 0.05) is 19.4 Å². The molecular formula is C19H21NO6. The van der Waals surface area contributed by atoms with Crippen LogP contribution in [0.25, 0.3) is 6.08 Å². The molecule has 1 aliphatic rings. The van der Waals surface area contributed by atoms with Crippen LogP contribution < -0.4 is 0 Å². The molecule has 0 saturated carbocycles. The minimum Gasteiger partial charge on any atom is -0.478 e. The fourth-order valence-corrected chi connectivity index (χ4v) is 2.67. The van der Waals surface area contributed by atoms with Gasteiger partial charge in [-0.2, -0.15) is 0 Å². The molecule has 1 aliphatic heterocycles. The summed E-state index contributed by atoms with van der Waals surface area (Å²) in [6.07, 6.45) is 1.57. The summed E-state index contributed by atoms with van der Waals surface area (Å²) in [5.41, 5.74) is 1.71. The van der Waals surface area contributed by atoms with Gasteiger partial charge in [0.1, 0.15) is 0 Å². The van der Waals surface area contributed by atoms with Gasteiger partial charge in [0.2, 0.25) is 0 Å². The average Bonchev–Trinajstić information content (AvgIpc) is 2.84. The second-order valence-electron chi connectivity index (χ2n) is 5.62. The molecule has 2 rings (SSSR count). The van der Waals surface area contributed by atoms with Gasteiger partial charge in [-0.3, -0.25) is 4.79 Å². The van der Waals surface area contributed by atoms with Crippen LogP contribution in [0.3, 0.4) is 0 Å². The smallest absolute Gasteiger partial charge is 0.340 e. The molecule has 0 saturated heterocycles. The number of nitrogens with zero attached hydrogens (tertiary/aromatic N) is 1. The Morgan fingerprint density at radius 3 is 2.42 bits per heavy atom. The number of carboxylic acid groups (broad SMARTS) is 1. The Hall–Kier alpha value is -2.93. The second-order valence-corrected chi connectivity index (χ2v) is 5.62. The van der Waals surface area contributed by atoms with Gasteiger partial charge in [-0.25, -0.2) is 9.59 Å². The van der Waals surface area contributed by atoms with E-state index in [9.17, 15) is 14.4 Å². The van der Waals surface area contributed by atoms with Gasteiger partial charge in [0.25, 0.3) is 5.91 Å². The molecule has 0 spiro atoms. The summed E-state index contributed by atoms with van der Waals surface area (Å²) in [5, 5.41) is 8.97. The summed E-state index contributed by atoms with van der Waals surface area (Å²) >= 11 is 0. The number of rotatable bonds is 7. The van der Waals surface area contributed by atoms with E-state index in [4.69, 9.17) is 14.6 Å². The normalized spacial score (nSPS) is 15.7. The lowest BCUT2D eigenvalue weighted by Crippen LogP contribution is -2.28. The Bertz CT molecular complexity index is 776. The number of ether oxygens (including phenoxy) is 2. The summed E-state index contributed by atoms with van der Waals surface area (Å²) in [6.45, 7) is 4.23. The number of aromatic carboxylic acids is 1. The van der Waals surface area contributed by atoms with Crippen LogP contribution in [0.15, 0.2) is 41.1 Å². The minimum atomic E-state index is -1.03. The van der Waals surface area contributed by atoms with Crippen molar-refractivity contribution in [3.63, 3.8) is 0 Å². The maximum absolute atomic E-state index is 12.8. The van der Waals surface area contributed by atoms with Crippen LogP contribution in [0.2, 0.25) is 0 Å². The highest BCUT2D eigenvalue weighted by atomic mass is 16.5. The number of hydrogen-bond acceptors (Lipinski definition) is 5. The van der Waals surface area contributed by atoms with Crippen molar-refractivity contribution in [1.82, 2.24) is 4.90 Å². The Morgan fingerprint density at radius 1 is 1.23 bits per heavy atom. The molecule has 1 aromatic carbocycles. The Morgan fingerprint density at radius 2 is 1.88 bits per heavy atom. The molecule has 0 radical (unpaired) electrons. The lowest BCUT2D eigenvalue weighted by atomic mass is 10.0. The van der Waals surface area contributed by atoms with Crippen molar-refractivity contribution in [2.24, 2.45) is 0 Å². The van der Waals surface area contributed by atoms with Crippen LogP contribution in [-0.2, 0) is 19.1 Å². The van der Waals surface area contributed by atoms with Crippen molar-refractivity contribution in [2.45, 2.75) is 13.8 Å². The van der Waals surface area contributed by atoms with Crippen LogP contribution in [0.1, 0.15) is 29.8 Å². The predicted molar refractivity (Wildman–Crippen MR) is 94.3 cm³/mol. The molecule has 0 aromatic heterocycles. The lowest BCUT2D eigenvalue weighted by Gasteiger charge is -2.16. The third-order valence-electron chi connectivity index (χ3n) is 3.98. The Labute approximate surface area is 151 Å². The predicted octanol–water partition coefficient (Wildman–Crippen LogP) is 2.09. The number of amides is 1. The van der Waals surface area contributed by atoms with E-state index in [1.54, 1.807) is 32.1 Å². The highest BCUT2D eigenvalue weighted by Crippen LogP contribution is 2.31. The van der Waals surface area contributed by atoms with Crippen LogP contribution in [0.4, 0.5) is 0 Å². The summed E-state index contributed by atoms with van der Waals surface area (Å²) in [5.74, 6) is -1.91. The van der Waals surface area contributed by atoms with Crippen molar-refractivity contribution in [2.75, 3.05) is 26.9 Å². The molecule has 0 bridgehead atoms. The molecule has 26 heavy (non-hydrogen) atoms. The number of carbonyl (C=O) groups is 3. The van der Waals surface area contributed by atoms with E-state index in [0.29, 0.717) is 24.4 Å². The second kappa shape index (κ2) is 8.44. The molecule has 1 amide bonds. The summed E-state index contributed by atoms with van der Waals surface area (Å²) in [7, 11) is 1.53. The van der Waals surface area contributed by atoms with Gasteiger partial charge in [0.15, 0.2) is 0 Å². The average molecular weight is 359 g/mol. The maximum atomic E-state index is 12.8. The van der Waals surface area contributed by atoms with Crippen molar-refractivity contribution >= 4 is 23.9 Å². The Balaban J connectivity index is 2.44. The SMILES string of the molecule is CCOC(=O)C1=C(C)N(CCOC)C(=O)/C1=C\c1ccc(C(=O)O)cc1. The molecule has 138 valence electrons. The monoisotopic (exact) mass is 359 g/mol. The topological polar surface area (TPSA) is 93.1 Å². The molecule has 1 N–H and O–H groups in total. The molecule has 0 unspecified atom stereocenters. The molecule has 0 aliphatic carbocycles. The number of carbonyl (C=O) groups excluding carboxylic acids is 2. The molecular weight excluding hydrogens is 338 g/mol. The van der Waals surface area contributed by atoms with E-state index >= 15 is 0 Å². The van der Waals surface area contributed by atoms with Gasteiger partial charge >= 0.3 is 11.9 Å². The zero-order valence-electron chi connectivity index (χ0n) is 14.9. The van der Waals surface area contributed by atoms with Crippen LogP contribution in [0, 0.1) is 0 Å². The zero-order chi connectivity index (χ0) is 19.3. The van der Waals surface area contributed by atoms with E-state index in [0.717, 1.165) is 0 Å². The summed E-state index contributed by atoms with van der Waals surface area (Å²) < 4.78 is 10.1. The Kier molecular flexibility index (Phi) is 6.30.